The Hall–Kier alpha value is -6.92. The van der Waals surface area contributed by atoms with E-state index in [0.717, 1.165) is 78.0 Å². The van der Waals surface area contributed by atoms with Crippen LogP contribution in [0.15, 0.2) is 158 Å². The molecule has 2 aliphatic rings. The van der Waals surface area contributed by atoms with Crippen LogP contribution in [0.4, 0.5) is 0 Å². The SMILES string of the molecule is C=C/C(=C\c1ccc2cccnc2c1C)c1cccc(-c2nc(-c3ccccc3)nc(-c3cccc(-c4cnc5c(c4)C=CC4C5=NC=CC4C)c3)n2)c1. The third kappa shape index (κ3) is 6.18. The molecule has 1 aliphatic heterocycles. The number of aliphatic imine (C=N–C) groups is 1. The lowest BCUT2D eigenvalue weighted by Crippen LogP contribution is -2.26. The van der Waals surface area contributed by atoms with Crippen molar-refractivity contribution in [2.45, 2.75) is 13.8 Å². The summed E-state index contributed by atoms with van der Waals surface area (Å²) in [4.78, 5) is 29.4. The second-order valence-electron chi connectivity index (χ2n) is 13.8. The van der Waals surface area contributed by atoms with Gasteiger partial charge in [0, 0.05) is 57.7 Å². The Morgan fingerprint density at radius 3 is 2.24 bits per heavy atom. The van der Waals surface area contributed by atoms with Gasteiger partial charge in [-0.15, -0.1) is 0 Å². The van der Waals surface area contributed by atoms with Gasteiger partial charge in [-0.1, -0.05) is 123 Å². The third-order valence-electron chi connectivity index (χ3n) is 10.3. The first kappa shape index (κ1) is 33.0. The van der Waals surface area contributed by atoms with Crippen LogP contribution >= 0.6 is 0 Å². The fourth-order valence-electron chi connectivity index (χ4n) is 7.30. The van der Waals surface area contributed by atoms with Gasteiger partial charge in [0.1, 0.15) is 0 Å². The zero-order valence-corrected chi connectivity index (χ0v) is 30.1. The molecule has 4 aromatic carbocycles. The Morgan fingerprint density at radius 2 is 1.43 bits per heavy atom. The molecule has 4 heterocycles. The highest BCUT2D eigenvalue weighted by Gasteiger charge is 2.28. The molecule has 2 unspecified atom stereocenters. The van der Waals surface area contributed by atoms with E-state index >= 15 is 0 Å². The Labute approximate surface area is 314 Å². The molecular formula is C48H36N6. The minimum absolute atomic E-state index is 0.257. The number of aryl methyl sites for hydroxylation is 1. The molecule has 258 valence electrons. The second kappa shape index (κ2) is 13.9. The van der Waals surface area contributed by atoms with Gasteiger partial charge in [0.05, 0.1) is 16.9 Å². The number of pyridine rings is 2. The molecule has 6 nitrogen and oxygen atoms in total. The average Bonchev–Trinajstić information content (AvgIpc) is 3.23. The van der Waals surface area contributed by atoms with Crippen LogP contribution in [-0.4, -0.2) is 30.6 Å². The first-order valence-electron chi connectivity index (χ1n) is 18.2. The molecule has 7 aromatic rings. The molecule has 0 spiro atoms. The number of aromatic nitrogens is 5. The minimum atomic E-state index is 0.257. The van der Waals surface area contributed by atoms with Crippen LogP contribution in [0.3, 0.4) is 0 Å². The van der Waals surface area contributed by atoms with Gasteiger partial charge in [-0.25, -0.2) is 15.0 Å². The quantitative estimate of drug-likeness (QED) is 0.122. The largest absolute Gasteiger partial charge is 0.259 e. The van der Waals surface area contributed by atoms with Crippen LogP contribution in [0.1, 0.15) is 34.9 Å². The van der Waals surface area contributed by atoms with Gasteiger partial charge in [0.2, 0.25) is 0 Å². The van der Waals surface area contributed by atoms with Crippen LogP contribution in [0.5, 0.6) is 0 Å². The Morgan fingerprint density at radius 1 is 0.685 bits per heavy atom. The molecule has 0 saturated carbocycles. The van der Waals surface area contributed by atoms with E-state index in [-0.39, 0.29) is 5.92 Å². The van der Waals surface area contributed by atoms with Crippen LogP contribution < -0.4 is 0 Å². The van der Waals surface area contributed by atoms with Crippen molar-refractivity contribution < 1.29 is 0 Å². The third-order valence-corrected chi connectivity index (χ3v) is 10.3. The lowest BCUT2D eigenvalue weighted by Gasteiger charge is -2.27. The number of hydrogen-bond donors (Lipinski definition) is 0. The first-order chi connectivity index (χ1) is 26.5. The van der Waals surface area contributed by atoms with Crippen molar-refractivity contribution >= 4 is 34.3 Å². The topological polar surface area (TPSA) is 76.8 Å². The van der Waals surface area contributed by atoms with Crippen LogP contribution in [-0.2, 0) is 0 Å². The van der Waals surface area contributed by atoms with E-state index in [1.807, 2.05) is 85.3 Å². The lowest BCUT2D eigenvalue weighted by atomic mass is 9.81. The lowest BCUT2D eigenvalue weighted by molar-refractivity contribution is 0.631. The van der Waals surface area contributed by atoms with Crippen molar-refractivity contribution in [3.8, 4) is 45.3 Å². The monoisotopic (exact) mass is 696 g/mol. The van der Waals surface area contributed by atoms with E-state index < -0.39 is 0 Å². The molecule has 0 saturated heterocycles. The van der Waals surface area contributed by atoms with E-state index in [4.69, 9.17) is 24.9 Å². The van der Waals surface area contributed by atoms with Crippen molar-refractivity contribution in [2.24, 2.45) is 16.8 Å². The molecule has 0 bridgehead atoms. The number of nitrogens with zero attached hydrogens (tertiary/aromatic N) is 6. The molecule has 3 aromatic heterocycles. The van der Waals surface area contributed by atoms with Crippen molar-refractivity contribution in [3.63, 3.8) is 0 Å². The van der Waals surface area contributed by atoms with Gasteiger partial charge >= 0.3 is 0 Å². The molecule has 0 radical (unpaired) electrons. The highest BCUT2D eigenvalue weighted by molar-refractivity contribution is 6.08. The summed E-state index contributed by atoms with van der Waals surface area (Å²) in [5, 5.41) is 1.12. The van der Waals surface area contributed by atoms with E-state index in [1.54, 1.807) is 0 Å². The molecule has 2 atom stereocenters. The van der Waals surface area contributed by atoms with E-state index in [9.17, 15) is 0 Å². The molecule has 0 N–H and O–H groups in total. The molecule has 0 fully saturated rings. The van der Waals surface area contributed by atoms with Gasteiger partial charge in [-0.3, -0.25) is 15.0 Å². The zero-order chi connectivity index (χ0) is 36.6. The van der Waals surface area contributed by atoms with Crippen LogP contribution in [0.2, 0.25) is 0 Å². The van der Waals surface area contributed by atoms with Gasteiger partial charge in [0.15, 0.2) is 17.5 Å². The Balaban J connectivity index is 1.10. The van der Waals surface area contributed by atoms with E-state index in [2.05, 4.69) is 98.2 Å². The first-order valence-corrected chi connectivity index (χ1v) is 18.2. The fourth-order valence-corrected chi connectivity index (χ4v) is 7.30. The Bertz CT molecular complexity index is 2720. The summed E-state index contributed by atoms with van der Waals surface area (Å²) in [5.74, 6) is 2.44. The predicted molar refractivity (Wildman–Crippen MR) is 221 cm³/mol. The Kier molecular flexibility index (Phi) is 8.48. The van der Waals surface area contributed by atoms with E-state index in [0.29, 0.717) is 23.4 Å². The summed E-state index contributed by atoms with van der Waals surface area (Å²) >= 11 is 0. The number of allylic oxidation sites excluding steroid dienone is 4. The molecule has 1 aliphatic carbocycles. The summed E-state index contributed by atoms with van der Waals surface area (Å²) in [6.07, 6.45) is 16.3. The standard InChI is InChI=1S/C48H36N6/c1-4-32(25-35-19-18-33-17-10-23-49-43(33)31(35)3)36-13-8-15-39(26-36)47-52-46(34-11-6-5-7-12-34)53-48(54-47)40-16-9-14-37(27-40)41-28-38-20-21-42-30(2)22-24-50-45(42)44(38)51-29-41/h4-30,42H,1H2,2-3H3/b32-25+. The highest BCUT2D eigenvalue weighted by Crippen LogP contribution is 2.34. The number of rotatable bonds is 7. The van der Waals surface area contributed by atoms with Gasteiger partial charge in [-0.05, 0) is 71.0 Å². The maximum Gasteiger partial charge on any atom is 0.164 e. The minimum Gasteiger partial charge on any atom is -0.259 e. The van der Waals surface area contributed by atoms with Gasteiger partial charge in [0.25, 0.3) is 0 Å². The highest BCUT2D eigenvalue weighted by atomic mass is 15.0. The van der Waals surface area contributed by atoms with Crippen molar-refractivity contribution in [3.05, 3.63) is 181 Å². The molecule has 0 amide bonds. The molecule has 54 heavy (non-hydrogen) atoms. The summed E-state index contributed by atoms with van der Waals surface area (Å²) in [5.41, 5.74) is 13.0. The number of benzene rings is 4. The van der Waals surface area contributed by atoms with Crippen LogP contribution in [0.25, 0.3) is 73.9 Å². The average molecular weight is 697 g/mol. The maximum absolute atomic E-state index is 5.09. The van der Waals surface area contributed by atoms with Crippen molar-refractivity contribution in [1.82, 2.24) is 24.9 Å². The number of fused-ring (bicyclic) bond motifs is 4. The summed E-state index contributed by atoms with van der Waals surface area (Å²) < 4.78 is 0. The smallest absolute Gasteiger partial charge is 0.164 e. The fraction of sp³-hybridized carbons (Fsp3) is 0.0833. The number of hydrogen-bond acceptors (Lipinski definition) is 6. The van der Waals surface area contributed by atoms with Crippen LogP contribution in [0, 0.1) is 18.8 Å². The maximum atomic E-state index is 5.09. The summed E-state index contributed by atoms with van der Waals surface area (Å²) in [6, 6.07) is 37.2. The molecular weight excluding hydrogens is 661 g/mol. The molecule has 6 heteroatoms. The normalized spacial score (nSPS) is 16.1. The second-order valence-corrected chi connectivity index (χ2v) is 13.8. The summed E-state index contributed by atoms with van der Waals surface area (Å²) in [7, 11) is 0. The van der Waals surface area contributed by atoms with Crippen molar-refractivity contribution in [1.29, 1.82) is 0 Å². The summed E-state index contributed by atoms with van der Waals surface area (Å²) in [6.45, 7) is 8.51. The van der Waals surface area contributed by atoms with Crippen molar-refractivity contribution in [2.75, 3.05) is 0 Å². The predicted octanol–water partition coefficient (Wildman–Crippen LogP) is 11.1. The van der Waals surface area contributed by atoms with Gasteiger partial charge in [-0.2, -0.15) is 0 Å². The zero-order valence-electron chi connectivity index (χ0n) is 30.1. The molecule has 9 rings (SSSR count). The van der Waals surface area contributed by atoms with Gasteiger partial charge < -0.3 is 0 Å². The van der Waals surface area contributed by atoms with E-state index in [1.165, 1.54) is 0 Å².